The summed E-state index contributed by atoms with van der Waals surface area (Å²) in [4.78, 5) is 30.6. The predicted octanol–water partition coefficient (Wildman–Crippen LogP) is 3.66. The normalized spacial score (nSPS) is 10.8. The van der Waals surface area contributed by atoms with E-state index in [4.69, 9.17) is 4.98 Å². The van der Waals surface area contributed by atoms with E-state index in [0.29, 0.717) is 17.3 Å². The number of para-hydroxylation sites is 1. The van der Waals surface area contributed by atoms with Gasteiger partial charge >= 0.3 is 0 Å². The SMILES string of the molecule is Cc1cc(C)n(-c2nc(-c3ccccc3)cc(=O)n2CC(=O)Nc2ccccc2C)n1. The van der Waals surface area contributed by atoms with Crippen molar-refractivity contribution < 1.29 is 4.79 Å². The molecule has 0 saturated carbocycles. The Labute approximate surface area is 180 Å². The van der Waals surface area contributed by atoms with Gasteiger partial charge in [-0.3, -0.25) is 14.2 Å². The monoisotopic (exact) mass is 413 g/mol. The molecule has 0 aliphatic carbocycles. The number of nitrogens with zero attached hydrogens (tertiary/aromatic N) is 4. The largest absolute Gasteiger partial charge is 0.324 e. The van der Waals surface area contributed by atoms with Crippen LogP contribution in [0.2, 0.25) is 0 Å². The van der Waals surface area contributed by atoms with Crippen LogP contribution in [0.3, 0.4) is 0 Å². The van der Waals surface area contributed by atoms with Crippen LogP contribution in [0.1, 0.15) is 17.0 Å². The first kappa shape index (κ1) is 20.3. The predicted molar refractivity (Wildman–Crippen MR) is 120 cm³/mol. The minimum absolute atomic E-state index is 0.178. The van der Waals surface area contributed by atoms with Gasteiger partial charge in [-0.2, -0.15) is 5.10 Å². The van der Waals surface area contributed by atoms with E-state index in [2.05, 4.69) is 10.4 Å². The van der Waals surface area contributed by atoms with Crippen molar-refractivity contribution in [2.24, 2.45) is 0 Å². The van der Waals surface area contributed by atoms with Gasteiger partial charge in [-0.1, -0.05) is 48.5 Å². The third kappa shape index (κ3) is 4.30. The van der Waals surface area contributed by atoms with E-state index >= 15 is 0 Å². The minimum Gasteiger partial charge on any atom is -0.324 e. The van der Waals surface area contributed by atoms with Crippen molar-refractivity contribution in [3.8, 4) is 17.2 Å². The molecule has 0 fully saturated rings. The Balaban J connectivity index is 1.78. The lowest BCUT2D eigenvalue weighted by Gasteiger charge is -2.15. The van der Waals surface area contributed by atoms with Crippen LogP contribution in [0.4, 0.5) is 5.69 Å². The molecule has 4 aromatic rings. The highest BCUT2D eigenvalue weighted by atomic mass is 16.2. The van der Waals surface area contributed by atoms with E-state index in [1.807, 2.05) is 81.4 Å². The van der Waals surface area contributed by atoms with E-state index in [-0.39, 0.29) is 18.0 Å². The van der Waals surface area contributed by atoms with Gasteiger partial charge in [-0.15, -0.1) is 0 Å². The summed E-state index contributed by atoms with van der Waals surface area (Å²) >= 11 is 0. The van der Waals surface area contributed by atoms with Gasteiger partial charge in [0, 0.05) is 23.0 Å². The smallest absolute Gasteiger partial charge is 0.256 e. The number of amides is 1. The van der Waals surface area contributed by atoms with Gasteiger partial charge in [0.25, 0.3) is 5.56 Å². The molecule has 4 rings (SSSR count). The number of nitrogens with one attached hydrogen (secondary N) is 1. The fraction of sp³-hybridized carbons (Fsp3) is 0.167. The number of hydrogen-bond donors (Lipinski definition) is 1. The maximum absolute atomic E-state index is 13.1. The van der Waals surface area contributed by atoms with Crippen molar-refractivity contribution in [1.29, 1.82) is 0 Å². The van der Waals surface area contributed by atoms with E-state index in [0.717, 1.165) is 22.5 Å². The molecule has 0 atom stereocenters. The number of anilines is 1. The Bertz CT molecular complexity index is 1310. The van der Waals surface area contributed by atoms with E-state index < -0.39 is 0 Å². The van der Waals surface area contributed by atoms with Gasteiger partial charge in [0.15, 0.2) is 0 Å². The molecule has 1 amide bonds. The summed E-state index contributed by atoms with van der Waals surface area (Å²) in [5.41, 5.74) is 4.30. The third-order valence-corrected chi connectivity index (χ3v) is 4.98. The summed E-state index contributed by atoms with van der Waals surface area (Å²) in [7, 11) is 0. The molecule has 0 unspecified atom stereocenters. The highest BCUT2D eigenvalue weighted by molar-refractivity contribution is 5.91. The molecular weight excluding hydrogens is 390 g/mol. The minimum atomic E-state index is -0.323. The lowest BCUT2D eigenvalue weighted by molar-refractivity contribution is -0.116. The molecule has 0 aliphatic heterocycles. The van der Waals surface area contributed by atoms with Crippen molar-refractivity contribution in [3.63, 3.8) is 0 Å². The number of benzene rings is 2. The second-order valence-corrected chi connectivity index (χ2v) is 7.43. The van der Waals surface area contributed by atoms with Gasteiger partial charge in [0.05, 0.1) is 11.4 Å². The fourth-order valence-corrected chi connectivity index (χ4v) is 3.44. The topological polar surface area (TPSA) is 81.8 Å². The molecular formula is C24H23N5O2. The van der Waals surface area contributed by atoms with Crippen LogP contribution in [-0.4, -0.2) is 25.2 Å². The highest BCUT2D eigenvalue weighted by Gasteiger charge is 2.17. The third-order valence-electron chi connectivity index (χ3n) is 4.98. The molecule has 7 heteroatoms. The fourth-order valence-electron chi connectivity index (χ4n) is 3.44. The van der Waals surface area contributed by atoms with Crippen molar-refractivity contribution in [1.82, 2.24) is 19.3 Å². The molecule has 0 aliphatic rings. The molecule has 1 N–H and O–H groups in total. The van der Waals surface area contributed by atoms with Gasteiger partial charge in [0.2, 0.25) is 11.9 Å². The number of aryl methyl sites for hydroxylation is 3. The molecule has 2 heterocycles. The van der Waals surface area contributed by atoms with Crippen molar-refractivity contribution in [2.45, 2.75) is 27.3 Å². The number of rotatable bonds is 5. The first-order chi connectivity index (χ1) is 14.9. The quantitative estimate of drug-likeness (QED) is 0.541. The van der Waals surface area contributed by atoms with Crippen LogP contribution in [0.15, 0.2) is 71.5 Å². The summed E-state index contributed by atoms with van der Waals surface area (Å²) in [5.74, 6) is -0.00895. The van der Waals surface area contributed by atoms with Crippen molar-refractivity contribution in [3.05, 3.63) is 94.0 Å². The molecule has 31 heavy (non-hydrogen) atoms. The van der Waals surface area contributed by atoms with Gasteiger partial charge in [0.1, 0.15) is 6.54 Å². The lowest BCUT2D eigenvalue weighted by Crippen LogP contribution is -2.32. The second kappa shape index (κ2) is 8.39. The van der Waals surface area contributed by atoms with Crippen LogP contribution in [0.5, 0.6) is 0 Å². The van der Waals surface area contributed by atoms with Crippen LogP contribution in [0, 0.1) is 20.8 Å². The van der Waals surface area contributed by atoms with Crippen LogP contribution in [-0.2, 0) is 11.3 Å². The van der Waals surface area contributed by atoms with Crippen LogP contribution in [0.25, 0.3) is 17.2 Å². The van der Waals surface area contributed by atoms with Gasteiger partial charge in [-0.25, -0.2) is 9.67 Å². The maximum atomic E-state index is 13.1. The maximum Gasteiger partial charge on any atom is 0.256 e. The molecule has 0 bridgehead atoms. The Hall–Kier alpha value is -4.00. The Kier molecular flexibility index (Phi) is 5.49. The number of carbonyl (C=O) groups is 1. The van der Waals surface area contributed by atoms with Gasteiger partial charge in [-0.05, 0) is 38.5 Å². The number of aromatic nitrogens is 4. The average Bonchev–Trinajstić information content (AvgIpc) is 3.09. The molecule has 2 aromatic carbocycles. The zero-order valence-electron chi connectivity index (χ0n) is 17.7. The van der Waals surface area contributed by atoms with Crippen molar-refractivity contribution >= 4 is 11.6 Å². The average molecular weight is 413 g/mol. The molecule has 7 nitrogen and oxygen atoms in total. The number of hydrogen-bond acceptors (Lipinski definition) is 4. The summed E-state index contributed by atoms with van der Waals surface area (Å²) < 4.78 is 2.95. The van der Waals surface area contributed by atoms with E-state index in [1.165, 1.54) is 10.6 Å². The first-order valence-corrected chi connectivity index (χ1v) is 9.99. The summed E-state index contributed by atoms with van der Waals surface area (Å²) in [6.45, 7) is 5.50. The van der Waals surface area contributed by atoms with E-state index in [9.17, 15) is 9.59 Å². The van der Waals surface area contributed by atoms with Crippen LogP contribution >= 0.6 is 0 Å². The zero-order valence-corrected chi connectivity index (χ0v) is 17.7. The molecule has 0 saturated heterocycles. The molecule has 156 valence electrons. The summed E-state index contributed by atoms with van der Waals surface area (Å²) in [6, 6.07) is 20.3. The standard InChI is InChI=1S/C24H23N5O2/c1-16-9-7-8-12-20(16)25-22(30)15-28-23(31)14-21(19-10-5-4-6-11-19)26-24(28)29-18(3)13-17(2)27-29/h4-14H,15H2,1-3H3,(H,25,30). The highest BCUT2D eigenvalue weighted by Crippen LogP contribution is 2.18. The molecule has 2 aromatic heterocycles. The molecule has 0 radical (unpaired) electrons. The molecule has 0 spiro atoms. The zero-order chi connectivity index (χ0) is 22.0. The Morgan fingerprint density at radius 3 is 2.35 bits per heavy atom. The van der Waals surface area contributed by atoms with E-state index in [1.54, 1.807) is 4.68 Å². The van der Waals surface area contributed by atoms with Crippen molar-refractivity contribution in [2.75, 3.05) is 5.32 Å². The summed E-state index contributed by atoms with van der Waals surface area (Å²) in [6.07, 6.45) is 0. The Morgan fingerprint density at radius 2 is 1.68 bits per heavy atom. The van der Waals surface area contributed by atoms with Crippen LogP contribution < -0.4 is 10.9 Å². The second-order valence-electron chi connectivity index (χ2n) is 7.43. The first-order valence-electron chi connectivity index (χ1n) is 9.99. The van der Waals surface area contributed by atoms with Gasteiger partial charge < -0.3 is 5.32 Å². The summed E-state index contributed by atoms with van der Waals surface area (Å²) in [5, 5.41) is 7.36. The lowest BCUT2D eigenvalue weighted by atomic mass is 10.1. The number of carbonyl (C=O) groups excluding carboxylic acids is 1. The Morgan fingerprint density at radius 1 is 0.968 bits per heavy atom.